The van der Waals surface area contributed by atoms with Crippen molar-refractivity contribution < 1.29 is 9.47 Å². The van der Waals surface area contributed by atoms with E-state index in [0.717, 1.165) is 58.1 Å². The maximum absolute atomic E-state index is 5.91. The number of rotatable bonds is 8. The van der Waals surface area contributed by atoms with Crippen LogP contribution in [0.3, 0.4) is 0 Å². The van der Waals surface area contributed by atoms with Crippen LogP contribution in [0.4, 0.5) is 5.69 Å². The smallest absolute Gasteiger partial charge is 0.142 e. The minimum Gasteiger partial charge on any atom is -0.495 e. The third kappa shape index (κ3) is 4.66. The van der Waals surface area contributed by atoms with Gasteiger partial charge < -0.3 is 14.4 Å². The number of hydrogen-bond acceptors (Lipinski definition) is 5. The maximum atomic E-state index is 5.91. The Balaban J connectivity index is 1.15. The normalized spacial score (nSPS) is 15.2. The standard InChI is InChI=1S/C23H28N2O2S/c1-26-22-5-3-2-4-21(22)25-12-10-24(11-13-25)14-16-27-15-8-19-6-7-23-20(18-19)9-17-28-23/h2-7,9,17-18H,8,10-16H2,1H3. The molecule has 1 aliphatic rings. The Hall–Kier alpha value is -2.08. The Labute approximate surface area is 171 Å². The zero-order chi connectivity index (χ0) is 19.2. The van der Waals surface area contributed by atoms with Crippen molar-refractivity contribution in [3.8, 4) is 5.75 Å². The Morgan fingerprint density at radius 1 is 0.964 bits per heavy atom. The number of piperazine rings is 1. The Morgan fingerprint density at radius 3 is 2.68 bits per heavy atom. The van der Waals surface area contributed by atoms with Crippen molar-refractivity contribution in [2.45, 2.75) is 6.42 Å². The highest BCUT2D eigenvalue weighted by Crippen LogP contribution is 2.28. The third-order valence-electron chi connectivity index (χ3n) is 5.40. The van der Waals surface area contributed by atoms with Gasteiger partial charge in [-0.2, -0.15) is 0 Å². The van der Waals surface area contributed by atoms with Gasteiger partial charge >= 0.3 is 0 Å². The predicted molar refractivity (Wildman–Crippen MR) is 118 cm³/mol. The number of para-hydroxylation sites is 2. The average molecular weight is 397 g/mol. The second-order valence-corrected chi connectivity index (χ2v) is 8.10. The van der Waals surface area contributed by atoms with Crippen LogP contribution in [0.1, 0.15) is 5.56 Å². The minimum atomic E-state index is 0.789. The van der Waals surface area contributed by atoms with Crippen LogP contribution in [-0.4, -0.2) is 57.9 Å². The molecule has 4 nitrogen and oxygen atoms in total. The highest BCUT2D eigenvalue weighted by Gasteiger charge is 2.19. The molecule has 0 bridgehead atoms. The molecule has 4 rings (SSSR count). The van der Waals surface area contributed by atoms with Gasteiger partial charge in [0, 0.05) is 37.4 Å². The van der Waals surface area contributed by atoms with E-state index in [4.69, 9.17) is 9.47 Å². The molecule has 1 aliphatic heterocycles. The summed E-state index contributed by atoms with van der Waals surface area (Å²) in [7, 11) is 1.74. The highest BCUT2D eigenvalue weighted by atomic mass is 32.1. The summed E-state index contributed by atoms with van der Waals surface area (Å²) >= 11 is 1.80. The van der Waals surface area contributed by atoms with E-state index in [9.17, 15) is 0 Å². The molecule has 148 valence electrons. The Kier molecular flexibility index (Phi) is 6.47. The van der Waals surface area contributed by atoms with Crippen LogP contribution >= 0.6 is 11.3 Å². The number of benzene rings is 2. The molecule has 0 saturated carbocycles. The second-order valence-electron chi connectivity index (χ2n) is 7.16. The van der Waals surface area contributed by atoms with Gasteiger partial charge in [0.1, 0.15) is 5.75 Å². The summed E-state index contributed by atoms with van der Waals surface area (Å²) in [6.07, 6.45) is 0.980. The second kappa shape index (κ2) is 9.41. The van der Waals surface area contributed by atoms with E-state index < -0.39 is 0 Å². The molecule has 0 spiro atoms. The first-order chi connectivity index (χ1) is 13.8. The van der Waals surface area contributed by atoms with Crippen molar-refractivity contribution >= 4 is 27.1 Å². The molecule has 0 amide bonds. The van der Waals surface area contributed by atoms with Crippen molar-refractivity contribution in [3.05, 3.63) is 59.5 Å². The third-order valence-corrected chi connectivity index (χ3v) is 6.30. The first-order valence-electron chi connectivity index (χ1n) is 9.98. The molecule has 1 aromatic heterocycles. The van der Waals surface area contributed by atoms with Gasteiger partial charge in [0.25, 0.3) is 0 Å². The monoisotopic (exact) mass is 396 g/mol. The quantitative estimate of drug-likeness (QED) is 0.530. The summed E-state index contributed by atoms with van der Waals surface area (Å²) in [5.41, 5.74) is 2.56. The molecule has 2 aromatic carbocycles. The molecule has 2 heterocycles. The van der Waals surface area contributed by atoms with Gasteiger partial charge in [0.2, 0.25) is 0 Å². The molecule has 28 heavy (non-hydrogen) atoms. The molecule has 0 aliphatic carbocycles. The number of ether oxygens (including phenoxy) is 2. The summed E-state index contributed by atoms with van der Waals surface area (Å²) in [6, 6.07) is 17.2. The maximum Gasteiger partial charge on any atom is 0.142 e. The Bertz CT molecular complexity index is 887. The van der Waals surface area contributed by atoms with Crippen LogP contribution in [0.5, 0.6) is 5.75 Å². The van der Waals surface area contributed by atoms with Crippen LogP contribution in [0.15, 0.2) is 53.9 Å². The van der Waals surface area contributed by atoms with Crippen molar-refractivity contribution in [3.63, 3.8) is 0 Å². The van der Waals surface area contributed by atoms with Crippen molar-refractivity contribution in [1.29, 1.82) is 0 Å². The zero-order valence-corrected chi connectivity index (χ0v) is 17.3. The first-order valence-corrected chi connectivity index (χ1v) is 10.9. The number of fused-ring (bicyclic) bond motifs is 1. The van der Waals surface area contributed by atoms with Gasteiger partial charge in [-0.3, -0.25) is 4.90 Å². The molecule has 3 aromatic rings. The summed E-state index contributed by atoms with van der Waals surface area (Å²) < 4.78 is 12.8. The van der Waals surface area contributed by atoms with Crippen LogP contribution in [0, 0.1) is 0 Å². The van der Waals surface area contributed by atoms with E-state index in [0.29, 0.717) is 0 Å². The van der Waals surface area contributed by atoms with E-state index >= 15 is 0 Å². The fourth-order valence-corrected chi connectivity index (χ4v) is 4.53. The van der Waals surface area contributed by atoms with Crippen molar-refractivity contribution in [2.75, 3.05) is 57.9 Å². The van der Waals surface area contributed by atoms with E-state index in [1.54, 1.807) is 18.4 Å². The lowest BCUT2D eigenvalue weighted by Gasteiger charge is -2.36. The molecule has 1 fully saturated rings. The zero-order valence-electron chi connectivity index (χ0n) is 16.5. The van der Waals surface area contributed by atoms with Gasteiger partial charge in [-0.05, 0) is 47.0 Å². The van der Waals surface area contributed by atoms with Crippen LogP contribution in [0.25, 0.3) is 10.1 Å². The molecule has 5 heteroatoms. The van der Waals surface area contributed by atoms with Crippen LogP contribution in [-0.2, 0) is 11.2 Å². The fraction of sp³-hybridized carbons (Fsp3) is 0.391. The SMILES string of the molecule is COc1ccccc1N1CCN(CCOCCc2ccc3sccc3c2)CC1. The number of hydrogen-bond donors (Lipinski definition) is 0. The molecule has 0 radical (unpaired) electrons. The molecular formula is C23H28N2O2S. The molecular weight excluding hydrogens is 368 g/mol. The number of methoxy groups -OCH3 is 1. The highest BCUT2D eigenvalue weighted by molar-refractivity contribution is 7.17. The van der Waals surface area contributed by atoms with Gasteiger partial charge in [-0.15, -0.1) is 11.3 Å². The van der Waals surface area contributed by atoms with Crippen LogP contribution < -0.4 is 9.64 Å². The molecule has 0 atom stereocenters. The molecule has 1 saturated heterocycles. The van der Waals surface area contributed by atoms with E-state index in [1.807, 2.05) is 12.1 Å². The predicted octanol–water partition coefficient (Wildman–Crippen LogP) is 4.29. The largest absolute Gasteiger partial charge is 0.495 e. The lowest BCUT2D eigenvalue weighted by atomic mass is 10.1. The number of anilines is 1. The number of nitrogens with zero attached hydrogens (tertiary/aromatic N) is 2. The van der Waals surface area contributed by atoms with Gasteiger partial charge in [-0.1, -0.05) is 24.3 Å². The van der Waals surface area contributed by atoms with Gasteiger partial charge in [0.05, 0.1) is 26.0 Å². The van der Waals surface area contributed by atoms with E-state index in [1.165, 1.54) is 21.3 Å². The first kappa shape index (κ1) is 19.2. The lowest BCUT2D eigenvalue weighted by Crippen LogP contribution is -2.47. The topological polar surface area (TPSA) is 24.9 Å². The summed E-state index contributed by atoms with van der Waals surface area (Å²) in [6.45, 7) is 6.78. The summed E-state index contributed by atoms with van der Waals surface area (Å²) in [5, 5.41) is 3.49. The summed E-state index contributed by atoms with van der Waals surface area (Å²) in [4.78, 5) is 4.90. The minimum absolute atomic E-state index is 0.789. The fourth-order valence-electron chi connectivity index (χ4n) is 3.76. The Morgan fingerprint density at radius 2 is 1.82 bits per heavy atom. The summed E-state index contributed by atoms with van der Waals surface area (Å²) in [5.74, 6) is 0.958. The van der Waals surface area contributed by atoms with Crippen LogP contribution in [0.2, 0.25) is 0 Å². The van der Waals surface area contributed by atoms with E-state index in [-0.39, 0.29) is 0 Å². The van der Waals surface area contributed by atoms with Gasteiger partial charge in [0.15, 0.2) is 0 Å². The lowest BCUT2D eigenvalue weighted by molar-refractivity contribution is 0.103. The average Bonchev–Trinajstić information content (AvgIpc) is 3.22. The van der Waals surface area contributed by atoms with Crippen molar-refractivity contribution in [1.82, 2.24) is 4.90 Å². The molecule has 0 N–H and O–H groups in total. The van der Waals surface area contributed by atoms with Gasteiger partial charge in [-0.25, -0.2) is 0 Å². The van der Waals surface area contributed by atoms with Crippen molar-refractivity contribution in [2.24, 2.45) is 0 Å². The molecule has 0 unspecified atom stereocenters. The number of thiophene rings is 1. The van der Waals surface area contributed by atoms with E-state index in [2.05, 4.69) is 51.6 Å².